The van der Waals surface area contributed by atoms with Crippen molar-refractivity contribution in [3.8, 4) is 11.5 Å². The number of aliphatic hydroxyl groups is 1. The van der Waals surface area contributed by atoms with E-state index in [2.05, 4.69) is 0 Å². The lowest BCUT2D eigenvalue weighted by molar-refractivity contribution is 0.297. The third kappa shape index (κ3) is 4.09. The molecule has 1 atom stereocenters. The third-order valence-electron chi connectivity index (χ3n) is 2.80. The first-order valence-corrected chi connectivity index (χ1v) is 8.11. The van der Waals surface area contributed by atoms with Crippen LogP contribution in [0.2, 0.25) is 5.02 Å². The highest BCUT2D eigenvalue weighted by molar-refractivity contribution is 7.84. The van der Waals surface area contributed by atoms with Gasteiger partial charge in [0, 0.05) is 28.7 Å². The predicted molar refractivity (Wildman–Crippen MR) is 75.7 cm³/mol. The Kier molecular flexibility index (Phi) is 5.48. The van der Waals surface area contributed by atoms with Crippen LogP contribution in [-0.4, -0.2) is 40.6 Å². The van der Waals surface area contributed by atoms with E-state index in [1.807, 2.05) is 12.1 Å². The molecule has 4 nitrogen and oxygen atoms in total. The first-order valence-electron chi connectivity index (χ1n) is 6.24. The van der Waals surface area contributed by atoms with Crippen LogP contribution in [-0.2, 0) is 17.2 Å². The van der Waals surface area contributed by atoms with Gasteiger partial charge in [0.1, 0.15) is 0 Å². The van der Waals surface area contributed by atoms with Crippen molar-refractivity contribution in [2.75, 3.05) is 31.3 Å². The van der Waals surface area contributed by atoms with Gasteiger partial charge < -0.3 is 14.6 Å². The van der Waals surface area contributed by atoms with Gasteiger partial charge in [-0.1, -0.05) is 11.6 Å². The van der Waals surface area contributed by atoms with Crippen molar-refractivity contribution in [2.24, 2.45) is 0 Å². The number of fused-ring (bicyclic) bond motifs is 1. The minimum atomic E-state index is -0.997. The molecule has 1 aliphatic heterocycles. The Balaban J connectivity index is 2.08. The summed E-state index contributed by atoms with van der Waals surface area (Å²) in [6.45, 7) is 1.17. The summed E-state index contributed by atoms with van der Waals surface area (Å²) in [5, 5.41) is 9.25. The van der Waals surface area contributed by atoms with Crippen LogP contribution in [0.5, 0.6) is 11.5 Å². The summed E-state index contributed by atoms with van der Waals surface area (Å²) in [4.78, 5) is 0. The Bertz CT molecular complexity index is 464. The molecule has 1 N–H and O–H groups in total. The molecule has 0 spiro atoms. The molecule has 0 saturated carbocycles. The van der Waals surface area contributed by atoms with Gasteiger partial charge in [0.25, 0.3) is 0 Å². The zero-order valence-electron chi connectivity index (χ0n) is 10.6. The van der Waals surface area contributed by atoms with Gasteiger partial charge in [-0.15, -0.1) is 0 Å². The second-order valence-corrected chi connectivity index (χ2v) is 6.38. The van der Waals surface area contributed by atoms with Gasteiger partial charge in [-0.05, 0) is 24.1 Å². The molecule has 0 bridgehead atoms. The average molecular weight is 305 g/mol. The molecule has 2 rings (SSSR count). The maximum absolute atomic E-state index is 11.5. The number of aryl methyl sites for hydroxylation is 1. The molecule has 0 unspecified atom stereocenters. The van der Waals surface area contributed by atoms with Gasteiger partial charge in [0.2, 0.25) is 0 Å². The quantitative estimate of drug-likeness (QED) is 0.901. The van der Waals surface area contributed by atoms with E-state index in [1.165, 1.54) is 0 Å². The summed E-state index contributed by atoms with van der Waals surface area (Å²) >= 11 is 6.18. The van der Waals surface area contributed by atoms with E-state index in [-0.39, 0.29) is 6.61 Å². The minimum Gasteiger partial charge on any atom is -0.489 e. The lowest BCUT2D eigenvalue weighted by atomic mass is 10.1. The molecule has 0 saturated heterocycles. The van der Waals surface area contributed by atoms with Gasteiger partial charge in [-0.3, -0.25) is 4.21 Å². The SMILES string of the molecule is O=[S@@](CCO)CCc1cc(Cl)c2c(c1)OCCCO2. The van der Waals surface area contributed by atoms with Crippen LogP contribution < -0.4 is 9.47 Å². The van der Waals surface area contributed by atoms with Crippen molar-refractivity contribution in [1.82, 2.24) is 0 Å². The maximum Gasteiger partial charge on any atom is 0.179 e. The summed E-state index contributed by atoms with van der Waals surface area (Å²) in [5.41, 5.74) is 0.973. The highest BCUT2D eigenvalue weighted by Gasteiger charge is 2.15. The average Bonchev–Trinajstić information content (AvgIpc) is 2.62. The van der Waals surface area contributed by atoms with Crippen molar-refractivity contribution >= 4 is 22.4 Å². The number of aliphatic hydroxyl groups excluding tert-OH is 1. The zero-order valence-corrected chi connectivity index (χ0v) is 12.1. The van der Waals surface area contributed by atoms with Gasteiger partial charge >= 0.3 is 0 Å². The predicted octanol–water partition coefficient (Wildman–Crippen LogP) is 1.78. The lowest BCUT2D eigenvalue weighted by Crippen LogP contribution is -2.08. The van der Waals surface area contributed by atoms with Gasteiger partial charge in [-0.25, -0.2) is 0 Å². The fourth-order valence-electron chi connectivity index (χ4n) is 1.86. The number of hydrogen-bond donors (Lipinski definition) is 1. The molecule has 1 heterocycles. The Hall–Kier alpha value is -0.780. The van der Waals surface area contributed by atoms with E-state index in [0.29, 0.717) is 47.7 Å². The molecular formula is C13H17ClO4S. The second-order valence-electron chi connectivity index (χ2n) is 4.28. The largest absolute Gasteiger partial charge is 0.489 e. The Morgan fingerprint density at radius 2 is 2.05 bits per heavy atom. The Labute approximate surface area is 120 Å². The third-order valence-corrected chi connectivity index (χ3v) is 4.38. The van der Waals surface area contributed by atoms with Gasteiger partial charge in [0.05, 0.1) is 24.8 Å². The first-order chi connectivity index (χ1) is 9.20. The van der Waals surface area contributed by atoms with Crippen LogP contribution in [0, 0.1) is 0 Å². The number of halogens is 1. The van der Waals surface area contributed by atoms with Crippen LogP contribution in [0.25, 0.3) is 0 Å². The minimum absolute atomic E-state index is 0.0471. The van der Waals surface area contributed by atoms with E-state index in [0.717, 1.165) is 12.0 Å². The number of benzene rings is 1. The van der Waals surface area contributed by atoms with E-state index >= 15 is 0 Å². The Morgan fingerprint density at radius 3 is 2.84 bits per heavy atom. The molecule has 1 aliphatic rings. The van der Waals surface area contributed by atoms with Crippen LogP contribution in [0.4, 0.5) is 0 Å². The highest BCUT2D eigenvalue weighted by Crippen LogP contribution is 2.38. The maximum atomic E-state index is 11.5. The molecule has 106 valence electrons. The monoisotopic (exact) mass is 304 g/mol. The number of rotatable bonds is 5. The molecule has 0 radical (unpaired) electrons. The fourth-order valence-corrected chi connectivity index (χ4v) is 3.02. The highest BCUT2D eigenvalue weighted by atomic mass is 35.5. The van der Waals surface area contributed by atoms with Crippen molar-refractivity contribution < 1.29 is 18.8 Å². The molecule has 0 fully saturated rings. The lowest BCUT2D eigenvalue weighted by Gasteiger charge is -2.11. The van der Waals surface area contributed by atoms with Crippen LogP contribution in [0.3, 0.4) is 0 Å². The normalized spacial score (nSPS) is 15.9. The second kappa shape index (κ2) is 7.12. The summed E-state index contributed by atoms with van der Waals surface area (Å²) < 4.78 is 22.7. The standard InChI is InChI=1S/C13H17ClO4S/c14-11-8-10(2-6-19(16)7-3-15)9-12-13(11)18-5-1-4-17-12/h8-9,15H,1-7H2/t19-/m1/s1. The molecule has 6 heteroatoms. The number of hydrogen-bond acceptors (Lipinski definition) is 4. The molecule has 1 aromatic rings. The Morgan fingerprint density at radius 1 is 1.26 bits per heavy atom. The molecule has 19 heavy (non-hydrogen) atoms. The molecule has 0 aliphatic carbocycles. The van der Waals surface area contributed by atoms with Crippen LogP contribution in [0.15, 0.2) is 12.1 Å². The topological polar surface area (TPSA) is 55.8 Å². The molecule has 1 aromatic carbocycles. The molecule has 0 amide bonds. The molecule has 0 aromatic heterocycles. The van der Waals surface area contributed by atoms with Gasteiger partial charge in [0.15, 0.2) is 11.5 Å². The summed E-state index contributed by atoms with van der Waals surface area (Å²) in [6, 6.07) is 3.72. The van der Waals surface area contributed by atoms with Crippen molar-refractivity contribution in [3.05, 3.63) is 22.7 Å². The van der Waals surface area contributed by atoms with E-state index in [4.69, 9.17) is 26.2 Å². The van der Waals surface area contributed by atoms with Crippen molar-refractivity contribution in [2.45, 2.75) is 12.8 Å². The van der Waals surface area contributed by atoms with E-state index < -0.39 is 10.8 Å². The zero-order chi connectivity index (χ0) is 13.7. The number of ether oxygens (including phenoxy) is 2. The van der Waals surface area contributed by atoms with Crippen molar-refractivity contribution in [1.29, 1.82) is 0 Å². The smallest absolute Gasteiger partial charge is 0.179 e. The van der Waals surface area contributed by atoms with E-state index in [9.17, 15) is 4.21 Å². The summed E-state index contributed by atoms with van der Waals surface area (Å²) in [7, 11) is -0.997. The molecular weight excluding hydrogens is 288 g/mol. The first kappa shape index (κ1) is 14.6. The summed E-state index contributed by atoms with van der Waals surface area (Å²) in [6.07, 6.45) is 1.48. The van der Waals surface area contributed by atoms with Crippen LogP contribution >= 0.6 is 11.6 Å². The summed E-state index contributed by atoms with van der Waals surface area (Å²) in [5.74, 6) is 2.08. The van der Waals surface area contributed by atoms with Crippen LogP contribution in [0.1, 0.15) is 12.0 Å². The van der Waals surface area contributed by atoms with Gasteiger partial charge in [-0.2, -0.15) is 0 Å². The van der Waals surface area contributed by atoms with Crippen molar-refractivity contribution in [3.63, 3.8) is 0 Å². The fraction of sp³-hybridized carbons (Fsp3) is 0.538. The van der Waals surface area contributed by atoms with E-state index in [1.54, 1.807) is 0 Å².